The number of alkyl halides is 5. The molecule has 0 unspecified atom stereocenters. The van der Waals surface area contributed by atoms with Crippen molar-refractivity contribution in [3.8, 4) is 0 Å². The Hall–Kier alpha value is -1.92. The van der Waals surface area contributed by atoms with Crippen LogP contribution in [0.3, 0.4) is 0 Å². The highest BCUT2D eigenvalue weighted by Crippen LogP contribution is 2.45. The van der Waals surface area contributed by atoms with Gasteiger partial charge in [-0.25, -0.2) is 4.79 Å². The molecule has 0 bridgehead atoms. The Morgan fingerprint density at radius 1 is 1.17 bits per heavy atom. The number of benzene rings is 1. The summed E-state index contributed by atoms with van der Waals surface area (Å²) in [4.78, 5) is 11.0. The molecule has 2 rings (SSSR count). The van der Waals surface area contributed by atoms with Crippen LogP contribution in [-0.2, 0) is 5.92 Å². The Balaban J connectivity index is 2.83. The van der Waals surface area contributed by atoms with Crippen LogP contribution >= 0.6 is 0 Å². The molecule has 2 aromatic rings. The Kier molecular flexibility index (Phi) is 2.64. The second-order valence-corrected chi connectivity index (χ2v) is 3.47. The van der Waals surface area contributed by atoms with E-state index in [-0.39, 0.29) is 11.6 Å². The Morgan fingerprint density at radius 3 is 2.44 bits per heavy atom. The zero-order chi connectivity index (χ0) is 13.6. The van der Waals surface area contributed by atoms with E-state index in [0.29, 0.717) is 0 Å². The number of fused-ring (bicyclic) bond motifs is 1. The molecule has 1 heterocycles. The highest BCUT2D eigenvalue weighted by molar-refractivity contribution is 5.80. The molecule has 0 spiro atoms. The fourth-order valence-corrected chi connectivity index (χ4v) is 1.47. The van der Waals surface area contributed by atoms with Crippen molar-refractivity contribution in [2.24, 2.45) is 0 Å². The lowest BCUT2D eigenvalue weighted by Crippen LogP contribution is -2.34. The third-order valence-electron chi connectivity index (χ3n) is 2.28. The van der Waals surface area contributed by atoms with Crippen LogP contribution in [0.4, 0.5) is 22.0 Å². The van der Waals surface area contributed by atoms with E-state index < -0.39 is 28.7 Å². The van der Waals surface area contributed by atoms with Gasteiger partial charge in [-0.15, -0.1) is 0 Å². The third kappa shape index (κ3) is 1.85. The van der Waals surface area contributed by atoms with Gasteiger partial charge in [0.2, 0.25) is 0 Å². The average Bonchev–Trinajstić information content (AvgIpc) is 2.26. The third-order valence-corrected chi connectivity index (χ3v) is 2.28. The van der Waals surface area contributed by atoms with E-state index in [2.05, 4.69) is 10.5 Å². The van der Waals surface area contributed by atoms with Gasteiger partial charge in [0.1, 0.15) is 5.58 Å². The minimum Gasteiger partial charge on any atom is -0.423 e. The molecular formula is C11H4F5O2. The summed E-state index contributed by atoms with van der Waals surface area (Å²) >= 11 is 0. The van der Waals surface area contributed by atoms with Crippen LogP contribution in [-0.4, -0.2) is 6.18 Å². The van der Waals surface area contributed by atoms with Crippen molar-refractivity contribution in [3.63, 3.8) is 0 Å². The fraction of sp³-hybridized carbons (Fsp3) is 0.182. The molecule has 0 amide bonds. The normalized spacial score (nSPS) is 12.9. The molecule has 0 saturated heterocycles. The second-order valence-electron chi connectivity index (χ2n) is 3.47. The Bertz CT molecular complexity index is 642. The van der Waals surface area contributed by atoms with Crippen molar-refractivity contribution in [1.82, 2.24) is 0 Å². The predicted octanol–water partition coefficient (Wildman–Crippen LogP) is 3.25. The van der Waals surface area contributed by atoms with Crippen LogP contribution in [0.2, 0.25) is 0 Å². The molecule has 7 heteroatoms. The minimum absolute atomic E-state index is 0.149. The smallest absolute Gasteiger partial charge is 0.423 e. The Morgan fingerprint density at radius 2 is 1.83 bits per heavy atom. The molecule has 1 aromatic heterocycles. The van der Waals surface area contributed by atoms with Gasteiger partial charge >= 0.3 is 17.7 Å². The summed E-state index contributed by atoms with van der Waals surface area (Å²) in [5, 5.41) is -0.476. The molecule has 0 aliphatic heterocycles. The number of halogens is 5. The van der Waals surface area contributed by atoms with Gasteiger partial charge in [-0.05, 0) is 12.1 Å². The van der Waals surface area contributed by atoms with Gasteiger partial charge in [-0.2, -0.15) is 22.0 Å². The summed E-state index contributed by atoms with van der Waals surface area (Å²) in [6.07, 6.45) is -5.78. The number of rotatable bonds is 1. The first-order valence-corrected chi connectivity index (χ1v) is 4.62. The van der Waals surface area contributed by atoms with Crippen LogP contribution in [0.15, 0.2) is 33.5 Å². The van der Waals surface area contributed by atoms with Crippen LogP contribution in [0.1, 0.15) is 5.56 Å². The SMILES string of the molecule is O=c1cc(C(F)(F)C(F)(F)F)c2cc[c]cc2o1. The van der Waals surface area contributed by atoms with Gasteiger partial charge in [0, 0.05) is 17.0 Å². The largest absolute Gasteiger partial charge is 0.458 e. The van der Waals surface area contributed by atoms with Crippen LogP contribution in [0.25, 0.3) is 11.0 Å². The summed E-state index contributed by atoms with van der Waals surface area (Å²) in [5.41, 5.74) is -3.07. The standard InChI is InChI=1S/C11H4F5O2/c12-10(13,11(14,15)16)7-5-9(17)18-8-4-2-1-3-6(7)8/h1,3-5H. The lowest BCUT2D eigenvalue weighted by molar-refractivity contribution is -0.288. The lowest BCUT2D eigenvalue weighted by atomic mass is 10.0. The quantitative estimate of drug-likeness (QED) is 0.584. The zero-order valence-electron chi connectivity index (χ0n) is 8.52. The van der Waals surface area contributed by atoms with Gasteiger partial charge < -0.3 is 4.42 Å². The molecule has 0 saturated carbocycles. The zero-order valence-corrected chi connectivity index (χ0v) is 8.52. The molecular weight excluding hydrogens is 259 g/mol. The molecule has 0 N–H and O–H groups in total. The van der Waals surface area contributed by atoms with Gasteiger partial charge in [-0.1, -0.05) is 12.1 Å². The van der Waals surface area contributed by atoms with Crippen molar-refractivity contribution in [2.75, 3.05) is 0 Å². The summed E-state index contributed by atoms with van der Waals surface area (Å²) in [6.45, 7) is 0. The first kappa shape index (κ1) is 12.5. The summed E-state index contributed by atoms with van der Waals surface area (Å²) in [6, 6.07) is 5.72. The summed E-state index contributed by atoms with van der Waals surface area (Å²) in [7, 11) is 0. The van der Waals surface area contributed by atoms with E-state index in [1.807, 2.05) is 0 Å². The molecule has 0 aliphatic carbocycles. The highest BCUT2D eigenvalue weighted by Gasteiger charge is 2.59. The van der Waals surface area contributed by atoms with E-state index in [1.54, 1.807) is 0 Å². The monoisotopic (exact) mass is 263 g/mol. The maximum atomic E-state index is 13.3. The highest BCUT2D eigenvalue weighted by atomic mass is 19.4. The molecule has 2 nitrogen and oxygen atoms in total. The summed E-state index contributed by atoms with van der Waals surface area (Å²) < 4.78 is 67.9. The van der Waals surface area contributed by atoms with Gasteiger partial charge in [0.15, 0.2) is 0 Å². The fourth-order valence-electron chi connectivity index (χ4n) is 1.47. The second kappa shape index (κ2) is 3.79. The molecule has 0 aliphatic rings. The van der Waals surface area contributed by atoms with Crippen molar-refractivity contribution < 1.29 is 26.4 Å². The number of hydrogen-bond acceptors (Lipinski definition) is 2. The van der Waals surface area contributed by atoms with E-state index in [1.165, 1.54) is 0 Å². The molecule has 0 fully saturated rings. The molecule has 1 aromatic carbocycles. The molecule has 95 valence electrons. The molecule has 18 heavy (non-hydrogen) atoms. The van der Waals surface area contributed by atoms with Crippen molar-refractivity contribution in [1.29, 1.82) is 0 Å². The molecule has 1 radical (unpaired) electrons. The van der Waals surface area contributed by atoms with Crippen LogP contribution in [0, 0.1) is 6.07 Å². The van der Waals surface area contributed by atoms with E-state index in [0.717, 1.165) is 18.2 Å². The lowest BCUT2D eigenvalue weighted by Gasteiger charge is -2.20. The topological polar surface area (TPSA) is 30.2 Å². The average molecular weight is 263 g/mol. The van der Waals surface area contributed by atoms with Crippen molar-refractivity contribution in [3.05, 3.63) is 46.3 Å². The van der Waals surface area contributed by atoms with Gasteiger partial charge in [-0.3, -0.25) is 0 Å². The summed E-state index contributed by atoms with van der Waals surface area (Å²) in [5.74, 6) is -5.12. The first-order chi connectivity index (χ1) is 8.23. The number of hydrogen-bond donors (Lipinski definition) is 0. The Labute approximate surface area is 96.6 Å². The van der Waals surface area contributed by atoms with Gasteiger partial charge in [0.25, 0.3) is 0 Å². The molecule has 0 atom stereocenters. The maximum Gasteiger partial charge on any atom is 0.458 e. The van der Waals surface area contributed by atoms with E-state index >= 15 is 0 Å². The predicted molar refractivity (Wildman–Crippen MR) is 51.3 cm³/mol. The van der Waals surface area contributed by atoms with Crippen molar-refractivity contribution >= 4 is 11.0 Å². The van der Waals surface area contributed by atoms with Crippen LogP contribution in [0.5, 0.6) is 0 Å². The van der Waals surface area contributed by atoms with E-state index in [9.17, 15) is 26.7 Å². The minimum atomic E-state index is -5.78. The van der Waals surface area contributed by atoms with Crippen LogP contribution < -0.4 is 5.63 Å². The van der Waals surface area contributed by atoms with Gasteiger partial charge in [0.05, 0.1) is 0 Å². The maximum absolute atomic E-state index is 13.3. The first-order valence-electron chi connectivity index (χ1n) is 4.62. The van der Waals surface area contributed by atoms with Crippen molar-refractivity contribution in [2.45, 2.75) is 12.1 Å². The van der Waals surface area contributed by atoms with E-state index in [4.69, 9.17) is 0 Å².